The Balaban J connectivity index is 0.543. The van der Waals surface area contributed by atoms with Crippen molar-refractivity contribution < 1.29 is 4.42 Å². The lowest BCUT2D eigenvalue weighted by Crippen LogP contribution is -2.28. The predicted octanol–water partition coefficient (Wildman–Crippen LogP) is 33.4. The lowest BCUT2D eigenvalue weighted by molar-refractivity contribution is 0.660. The molecule has 606 valence electrons. The minimum Gasteiger partial charge on any atom is -0.456 e. The van der Waals surface area contributed by atoms with Gasteiger partial charge in [0.1, 0.15) is 11.2 Å². The minimum absolute atomic E-state index is 0.335. The first kappa shape index (κ1) is 75.0. The van der Waals surface area contributed by atoms with Gasteiger partial charge in [-0.2, -0.15) is 0 Å². The third-order valence-corrected chi connectivity index (χ3v) is 27.6. The smallest absolute Gasteiger partial charge is 0.135 e. The minimum atomic E-state index is -0.673. The summed E-state index contributed by atoms with van der Waals surface area (Å²) in [6.07, 6.45) is 0. The van der Waals surface area contributed by atoms with E-state index in [9.17, 15) is 0 Å². The van der Waals surface area contributed by atoms with E-state index in [-0.39, 0.29) is 5.41 Å². The van der Waals surface area contributed by atoms with Crippen LogP contribution in [-0.2, 0) is 10.8 Å². The Hall–Kier alpha value is -16.6. The Morgan fingerprint density at radius 3 is 1.24 bits per heavy atom. The second kappa shape index (κ2) is 30.1. The fourth-order valence-electron chi connectivity index (χ4n) is 21.4. The number of benzene rings is 20. The van der Waals surface area contributed by atoms with Gasteiger partial charge < -0.3 is 23.4 Å². The summed E-state index contributed by atoms with van der Waals surface area (Å²) < 4.78 is 11.1. The third-order valence-electron chi connectivity index (χ3n) is 27.6. The van der Waals surface area contributed by atoms with Gasteiger partial charge in [-0.05, 0) is 262 Å². The molecule has 129 heavy (non-hydrogen) atoms. The monoisotopic (exact) mass is 1640 g/mol. The SMILES string of the molecule is CC1(C)c2cc(-c3ccc4c(c3)c3ccccc3n4-c3ccccc3-c3ccc(C4(c5ccccc5)c5ccccc5-c5ccc(N(c6ccccc6)c6ccc(-c7ccc8oc9ccccc9c8c7)cc6)cc54)cc3)ccc2-c2ccc(N(c3ccc(-c4ccc(-c5ccccc5)cc4)cc3)c3ccc(-c4ccc5c6ccccc6n(-c6ccccc6)c5c4)cc3)cc21. The van der Waals surface area contributed by atoms with Crippen molar-refractivity contribution in [2.75, 3.05) is 9.80 Å². The first-order valence-corrected chi connectivity index (χ1v) is 44.7. The van der Waals surface area contributed by atoms with E-state index in [0.29, 0.717) is 0 Å². The maximum absolute atomic E-state index is 6.25. The molecule has 3 aromatic heterocycles. The molecule has 1 atom stereocenters. The third kappa shape index (κ3) is 12.2. The van der Waals surface area contributed by atoms with Crippen molar-refractivity contribution >= 4 is 99.7 Å². The molecular formula is C124H84N4O. The summed E-state index contributed by atoms with van der Waals surface area (Å²) in [6, 6.07) is 175. The van der Waals surface area contributed by atoms with E-state index in [1.54, 1.807) is 0 Å². The molecule has 0 saturated carbocycles. The number of fused-ring (bicyclic) bond motifs is 15. The van der Waals surface area contributed by atoms with Gasteiger partial charge in [0.05, 0.1) is 33.2 Å². The van der Waals surface area contributed by atoms with Crippen molar-refractivity contribution in [1.82, 2.24) is 9.13 Å². The largest absolute Gasteiger partial charge is 0.456 e. The van der Waals surface area contributed by atoms with Crippen molar-refractivity contribution in [2.45, 2.75) is 24.7 Å². The molecule has 0 amide bonds. The number of rotatable bonds is 16. The maximum Gasteiger partial charge on any atom is 0.135 e. The molecule has 2 aliphatic rings. The van der Waals surface area contributed by atoms with Crippen LogP contribution in [0, 0.1) is 0 Å². The Morgan fingerprint density at radius 2 is 0.581 bits per heavy atom. The van der Waals surface area contributed by atoms with Gasteiger partial charge in [-0.3, -0.25) is 0 Å². The lowest BCUT2D eigenvalue weighted by Gasteiger charge is -2.35. The summed E-state index contributed by atoms with van der Waals surface area (Å²) >= 11 is 0. The fraction of sp³-hybridized carbons (Fsp3) is 0.0323. The van der Waals surface area contributed by atoms with E-state index in [4.69, 9.17) is 4.42 Å². The van der Waals surface area contributed by atoms with Gasteiger partial charge in [0.25, 0.3) is 0 Å². The summed E-state index contributed by atoms with van der Waals surface area (Å²) in [7, 11) is 0. The van der Waals surface area contributed by atoms with E-state index in [0.717, 1.165) is 106 Å². The number of aromatic nitrogens is 2. The molecule has 0 bridgehead atoms. The number of anilines is 6. The molecule has 5 nitrogen and oxygen atoms in total. The van der Waals surface area contributed by atoms with Crippen LogP contribution in [0.5, 0.6) is 0 Å². The number of hydrogen-bond donors (Lipinski definition) is 0. The van der Waals surface area contributed by atoms with Gasteiger partial charge in [0.2, 0.25) is 0 Å². The van der Waals surface area contributed by atoms with Gasteiger partial charge in [0, 0.05) is 83.1 Å². The van der Waals surface area contributed by atoms with E-state index >= 15 is 0 Å². The van der Waals surface area contributed by atoms with Gasteiger partial charge in [-0.15, -0.1) is 0 Å². The normalized spacial score (nSPS) is 13.6. The molecule has 0 radical (unpaired) electrons. The Kier molecular flexibility index (Phi) is 17.5. The molecule has 2 aliphatic carbocycles. The standard InChI is InChI=1S/C124H84N4O/c1-123(2)113-77-90(55-69-103(113)104-71-67-99(79-114(104)123)126(97-61-49-84(50-62-97)83-45-43-82(44-46-83)81-25-7-3-8-26-81)98-65-53-86(54-66-98)91-56-70-108-106-35-17-22-40-117(106)127(120(108)78-91)95-31-13-6-14-32-95)89-57-73-119-110(75-89)107-36-18-23-41-118(107)128(119)116-39-21-16-33-101(116)87-47-59-93(60-48-87)124(92-27-9-4-10-28-92)112-38-20-15-34-102(112)105-72-68-100(80-115(105)124)125(94-29-11-5-12-30-94)96-63-51-85(52-64-96)88-58-74-122-111(76-88)109-37-19-24-42-121(109)129-122/h3-80H,1-2H3. The van der Waals surface area contributed by atoms with E-state index in [1.165, 1.54) is 127 Å². The zero-order valence-corrected chi connectivity index (χ0v) is 71.2. The highest BCUT2D eigenvalue weighted by molar-refractivity contribution is 6.13. The molecule has 1 unspecified atom stereocenters. The quantitative estimate of drug-likeness (QED) is 0.0966. The molecule has 0 fully saturated rings. The first-order valence-electron chi connectivity index (χ1n) is 44.7. The second-order valence-corrected chi connectivity index (χ2v) is 35.0. The Morgan fingerprint density at radius 1 is 0.202 bits per heavy atom. The number of hydrogen-bond acceptors (Lipinski definition) is 3. The van der Waals surface area contributed by atoms with Gasteiger partial charge in [0.15, 0.2) is 0 Å². The predicted molar refractivity (Wildman–Crippen MR) is 539 cm³/mol. The zero-order chi connectivity index (χ0) is 85.4. The molecule has 0 aliphatic heterocycles. The molecule has 20 aromatic carbocycles. The summed E-state index contributed by atoms with van der Waals surface area (Å²) in [4.78, 5) is 4.84. The zero-order valence-electron chi connectivity index (χ0n) is 71.2. The molecule has 3 heterocycles. The van der Waals surface area contributed by atoms with Crippen LogP contribution in [0.2, 0.25) is 0 Å². The summed E-state index contributed by atoms with van der Waals surface area (Å²) in [5.41, 5.74) is 40.8. The van der Waals surface area contributed by atoms with Crippen molar-refractivity contribution in [2.24, 2.45) is 0 Å². The van der Waals surface area contributed by atoms with Crippen LogP contribution in [0.15, 0.2) is 478 Å². The van der Waals surface area contributed by atoms with Crippen molar-refractivity contribution in [3.63, 3.8) is 0 Å². The van der Waals surface area contributed by atoms with E-state index < -0.39 is 5.41 Å². The van der Waals surface area contributed by atoms with Crippen LogP contribution in [0.25, 0.3) is 166 Å². The highest BCUT2D eigenvalue weighted by Gasteiger charge is 2.47. The molecule has 5 heteroatoms. The van der Waals surface area contributed by atoms with Gasteiger partial charge in [-0.25, -0.2) is 0 Å². The van der Waals surface area contributed by atoms with Crippen LogP contribution >= 0.6 is 0 Å². The topological polar surface area (TPSA) is 29.5 Å². The molecule has 25 rings (SSSR count). The summed E-state index contributed by atoms with van der Waals surface area (Å²) in [5, 5.41) is 7.14. The molecule has 0 spiro atoms. The van der Waals surface area contributed by atoms with E-state index in [1.807, 2.05) is 12.1 Å². The molecule has 0 N–H and O–H groups in total. The molecule has 0 saturated heterocycles. The van der Waals surface area contributed by atoms with Crippen LogP contribution < -0.4 is 9.80 Å². The number of para-hydroxylation sites is 6. The summed E-state index contributed by atoms with van der Waals surface area (Å²) in [6.45, 7) is 4.82. The van der Waals surface area contributed by atoms with Gasteiger partial charge in [-0.1, -0.05) is 341 Å². The summed E-state index contributed by atoms with van der Waals surface area (Å²) in [5.74, 6) is 0. The van der Waals surface area contributed by atoms with Crippen LogP contribution in [-0.4, -0.2) is 9.13 Å². The molecule has 23 aromatic rings. The van der Waals surface area contributed by atoms with Crippen molar-refractivity contribution in [3.8, 4) is 100 Å². The van der Waals surface area contributed by atoms with Crippen LogP contribution in [0.4, 0.5) is 34.1 Å². The van der Waals surface area contributed by atoms with Crippen LogP contribution in [0.3, 0.4) is 0 Å². The van der Waals surface area contributed by atoms with E-state index in [2.05, 4.69) is 494 Å². The average Bonchev–Trinajstić information content (AvgIpc) is 1.54. The second-order valence-electron chi connectivity index (χ2n) is 35.0. The van der Waals surface area contributed by atoms with Crippen molar-refractivity contribution in [1.29, 1.82) is 0 Å². The first-order chi connectivity index (χ1) is 63.7. The molecular weight excluding hydrogens is 1560 g/mol. The lowest BCUT2D eigenvalue weighted by atomic mass is 9.67. The number of nitrogens with zero attached hydrogens (tertiary/aromatic N) is 4. The Labute approximate surface area is 749 Å². The van der Waals surface area contributed by atoms with Crippen molar-refractivity contribution in [3.05, 3.63) is 507 Å². The Bertz CT molecular complexity index is 8340. The fourth-order valence-corrected chi connectivity index (χ4v) is 21.4. The highest BCUT2D eigenvalue weighted by Crippen LogP contribution is 2.59. The van der Waals surface area contributed by atoms with Gasteiger partial charge >= 0.3 is 0 Å². The average molecular weight is 1650 g/mol. The maximum atomic E-state index is 6.25. The highest BCUT2D eigenvalue weighted by atomic mass is 16.3. The van der Waals surface area contributed by atoms with Crippen LogP contribution in [0.1, 0.15) is 47.2 Å². The number of furan rings is 1.